The maximum Gasteiger partial charge on any atom is 0.267 e. The average Bonchev–Trinajstić information content (AvgIpc) is 3.05. The number of primary amides is 1. The fourth-order valence-electron chi connectivity index (χ4n) is 2.98. The predicted molar refractivity (Wildman–Crippen MR) is 99.6 cm³/mol. The van der Waals surface area contributed by atoms with Crippen LogP contribution in [0.25, 0.3) is 28.2 Å². The van der Waals surface area contributed by atoms with Gasteiger partial charge in [-0.3, -0.25) is 19.2 Å². The number of aromatic nitrogens is 4. The molecular weight excluding hydrogens is 326 g/mol. The Morgan fingerprint density at radius 3 is 2.58 bits per heavy atom. The maximum absolute atomic E-state index is 11.6. The van der Waals surface area contributed by atoms with Crippen molar-refractivity contribution in [1.29, 1.82) is 0 Å². The van der Waals surface area contributed by atoms with Crippen LogP contribution in [0.2, 0.25) is 0 Å². The summed E-state index contributed by atoms with van der Waals surface area (Å²) in [6.45, 7) is 3.91. The second-order valence-electron chi connectivity index (χ2n) is 6.17. The largest absolute Gasteiger partial charge is 0.364 e. The topological polar surface area (TPSA) is 86.2 Å². The Balaban J connectivity index is 1.95. The van der Waals surface area contributed by atoms with E-state index in [0.29, 0.717) is 11.3 Å². The number of hydrogen-bond donors (Lipinski definition) is 1. The molecule has 0 aliphatic heterocycles. The Morgan fingerprint density at radius 1 is 1.00 bits per heavy atom. The minimum Gasteiger partial charge on any atom is -0.364 e. The normalized spacial score (nSPS) is 11.0. The fourth-order valence-corrected chi connectivity index (χ4v) is 2.98. The molecule has 0 fully saturated rings. The number of pyridine rings is 3. The summed E-state index contributed by atoms with van der Waals surface area (Å²) in [5.74, 6) is -0.516. The van der Waals surface area contributed by atoms with Crippen LogP contribution in [0, 0.1) is 13.8 Å². The van der Waals surface area contributed by atoms with E-state index in [1.807, 2.05) is 62.5 Å². The zero-order valence-corrected chi connectivity index (χ0v) is 14.5. The van der Waals surface area contributed by atoms with Crippen LogP contribution in [-0.4, -0.2) is 25.3 Å². The van der Waals surface area contributed by atoms with Crippen LogP contribution in [0.4, 0.5) is 0 Å². The number of amides is 1. The average molecular weight is 343 g/mol. The van der Waals surface area contributed by atoms with Crippen LogP contribution in [0.5, 0.6) is 0 Å². The Hall–Kier alpha value is -3.54. The van der Waals surface area contributed by atoms with E-state index in [1.54, 1.807) is 4.40 Å². The molecular formula is C20H17N5O. The molecule has 0 unspecified atom stereocenters. The predicted octanol–water partition coefficient (Wildman–Crippen LogP) is 3.17. The minimum absolute atomic E-state index is 0.345. The molecule has 0 saturated carbocycles. The SMILES string of the molecule is Cc1cccc(-c2nc(C)ccc2-c2ccc3ncc(C(N)=O)n3c2)n1. The highest BCUT2D eigenvalue weighted by Crippen LogP contribution is 2.30. The molecule has 4 heterocycles. The molecule has 0 aliphatic rings. The molecule has 0 aliphatic carbocycles. The van der Waals surface area contributed by atoms with Crippen LogP contribution in [0.15, 0.2) is 54.9 Å². The summed E-state index contributed by atoms with van der Waals surface area (Å²) in [6, 6.07) is 13.7. The van der Waals surface area contributed by atoms with Crippen molar-refractivity contribution in [3.05, 3.63) is 71.9 Å². The smallest absolute Gasteiger partial charge is 0.267 e. The number of nitrogens with two attached hydrogens (primary N) is 1. The third-order valence-corrected chi connectivity index (χ3v) is 4.23. The summed E-state index contributed by atoms with van der Waals surface area (Å²) in [5.41, 5.74) is 11.7. The lowest BCUT2D eigenvalue weighted by atomic mass is 10.0. The molecule has 6 heteroatoms. The van der Waals surface area contributed by atoms with Crippen LogP contribution >= 0.6 is 0 Å². The number of nitrogens with zero attached hydrogens (tertiary/aromatic N) is 4. The highest BCUT2D eigenvalue weighted by atomic mass is 16.1. The molecule has 0 spiro atoms. The van der Waals surface area contributed by atoms with Gasteiger partial charge in [-0.15, -0.1) is 0 Å². The summed E-state index contributed by atoms with van der Waals surface area (Å²) >= 11 is 0. The maximum atomic E-state index is 11.6. The molecule has 1 amide bonds. The van der Waals surface area contributed by atoms with E-state index in [9.17, 15) is 4.79 Å². The van der Waals surface area contributed by atoms with E-state index in [4.69, 9.17) is 10.7 Å². The lowest BCUT2D eigenvalue weighted by molar-refractivity contribution is 0.0995. The zero-order valence-electron chi connectivity index (χ0n) is 14.5. The monoisotopic (exact) mass is 343 g/mol. The first-order chi connectivity index (χ1) is 12.5. The van der Waals surface area contributed by atoms with Crippen LogP contribution in [0.3, 0.4) is 0 Å². The van der Waals surface area contributed by atoms with Gasteiger partial charge in [-0.1, -0.05) is 12.1 Å². The minimum atomic E-state index is -0.516. The molecule has 128 valence electrons. The van der Waals surface area contributed by atoms with Gasteiger partial charge in [0.05, 0.1) is 17.6 Å². The van der Waals surface area contributed by atoms with Gasteiger partial charge in [-0.25, -0.2) is 4.98 Å². The van der Waals surface area contributed by atoms with Crippen molar-refractivity contribution in [3.8, 4) is 22.5 Å². The van der Waals surface area contributed by atoms with Gasteiger partial charge >= 0.3 is 0 Å². The summed E-state index contributed by atoms with van der Waals surface area (Å²) in [6.07, 6.45) is 3.34. The summed E-state index contributed by atoms with van der Waals surface area (Å²) in [4.78, 5) is 25.2. The summed E-state index contributed by atoms with van der Waals surface area (Å²) < 4.78 is 1.70. The van der Waals surface area contributed by atoms with Crippen LogP contribution < -0.4 is 5.73 Å². The molecule has 6 nitrogen and oxygen atoms in total. The van der Waals surface area contributed by atoms with E-state index < -0.39 is 5.91 Å². The molecule has 0 aromatic carbocycles. The number of aryl methyl sites for hydroxylation is 2. The van der Waals surface area contributed by atoms with E-state index in [-0.39, 0.29) is 0 Å². The van der Waals surface area contributed by atoms with E-state index >= 15 is 0 Å². The first-order valence-corrected chi connectivity index (χ1v) is 8.22. The van der Waals surface area contributed by atoms with Gasteiger partial charge in [0.25, 0.3) is 5.91 Å². The van der Waals surface area contributed by atoms with E-state index in [2.05, 4.69) is 9.97 Å². The van der Waals surface area contributed by atoms with Crippen molar-refractivity contribution in [2.75, 3.05) is 0 Å². The van der Waals surface area contributed by atoms with Crippen molar-refractivity contribution >= 4 is 11.6 Å². The molecule has 0 saturated heterocycles. The summed E-state index contributed by atoms with van der Waals surface area (Å²) in [5, 5.41) is 0. The van der Waals surface area contributed by atoms with Crippen molar-refractivity contribution in [1.82, 2.24) is 19.4 Å². The van der Waals surface area contributed by atoms with Gasteiger partial charge in [0, 0.05) is 28.7 Å². The van der Waals surface area contributed by atoms with Gasteiger partial charge in [-0.05, 0) is 44.2 Å². The standard InChI is InChI=1S/C20H17N5O/c1-12-4-3-5-16(23-12)19-15(8-6-13(2)24-19)14-7-9-18-22-10-17(20(21)26)25(18)11-14/h3-11H,1-2H3,(H2,21,26). The van der Waals surface area contributed by atoms with Gasteiger partial charge in [0.1, 0.15) is 11.3 Å². The molecule has 4 aromatic heterocycles. The molecule has 4 aromatic rings. The first-order valence-electron chi connectivity index (χ1n) is 8.22. The van der Waals surface area contributed by atoms with Gasteiger partial charge in [0.2, 0.25) is 0 Å². The Bertz CT molecular complexity index is 1150. The number of fused-ring (bicyclic) bond motifs is 1. The third-order valence-electron chi connectivity index (χ3n) is 4.23. The van der Waals surface area contributed by atoms with Crippen molar-refractivity contribution in [2.24, 2.45) is 5.73 Å². The number of carbonyl (C=O) groups excluding carboxylic acids is 1. The van der Waals surface area contributed by atoms with Crippen LogP contribution in [-0.2, 0) is 0 Å². The van der Waals surface area contributed by atoms with Crippen molar-refractivity contribution in [3.63, 3.8) is 0 Å². The van der Waals surface area contributed by atoms with E-state index in [1.165, 1.54) is 6.20 Å². The zero-order chi connectivity index (χ0) is 18.3. The molecule has 4 rings (SSSR count). The lowest BCUT2D eigenvalue weighted by Crippen LogP contribution is -2.13. The summed E-state index contributed by atoms with van der Waals surface area (Å²) in [7, 11) is 0. The van der Waals surface area contributed by atoms with Gasteiger partial charge in [-0.2, -0.15) is 0 Å². The Labute approximate surface area is 150 Å². The van der Waals surface area contributed by atoms with Crippen molar-refractivity contribution in [2.45, 2.75) is 13.8 Å². The van der Waals surface area contributed by atoms with E-state index in [0.717, 1.165) is 33.9 Å². The van der Waals surface area contributed by atoms with Crippen molar-refractivity contribution < 1.29 is 4.79 Å². The molecule has 0 atom stereocenters. The number of imidazole rings is 1. The second-order valence-corrected chi connectivity index (χ2v) is 6.17. The Kier molecular flexibility index (Phi) is 3.73. The lowest BCUT2D eigenvalue weighted by Gasteiger charge is -2.11. The van der Waals surface area contributed by atoms with Crippen LogP contribution in [0.1, 0.15) is 21.9 Å². The highest BCUT2D eigenvalue weighted by molar-refractivity contribution is 5.92. The van der Waals surface area contributed by atoms with Gasteiger partial charge < -0.3 is 5.73 Å². The second kappa shape index (κ2) is 6.07. The number of rotatable bonds is 3. The molecule has 0 radical (unpaired) electrons. The molecule has 2 N–H and O–H groups in total. The first kappa shape index (κ1) is 16.0. The van der Waals surface area contributed by atoms with Gasteiger partial charge in [0.15, 0.2) is 0 Å². The number of hydrogen-bond acceptors (Lipinski definition) is 4. The quantitative estimate of drug-likeness (QED) is 0.619. The highest BCUT2D eigenvalue weighted by Gasteiger charge is 2.14. The molecule has 26 heavy (non-hydrogen) atoms. The third kappa shape index (κ3) is 2.71. The number of carbonyl (C=O) groups is 1. The fraction of sp³-hybridized carbons (Fsp3) is 0.100. The Morgan fingerprint density at radius 2 is 1.81 bits per heavy atom. The molecule has 0 bridgehead atoms.